The van der Waals surface area contributed by atoms with Crippen LogP contribution in [0.15, 0.2) is 84.9 Å². The number of hydrogen-bond donors (Lipinski definition) is 0. The maximum Gasteiger partial charge on any atom is 0.216 e. The molecule has 0 aliphatic carbocycles. The van der Waals surface area contributed by atoms with Gasteiger partial charge in [-0.1, -0.05) is 79.6 Å². The second-order valence-electron chi connectivity index (χ2n) is 7.39. The highest BCUT2D eigenvalue weighted by atomic mass is 16.5. The fourth-order valence-electron chi connectivity index (χ4n) is 4.59. The molecule has 5 aromatic rings. The Morgan fingerprint density at radius 3 is 1.70 bits per heavy atom. The van der Waals surface area contributed by atoms with Gasteiger partial charge in [0.1, 0.15) is 11.5 Å². The summed E-state index contributed by atoms with van der Waals surface area (Å²) < 4.78 is 6.32. The van der Waals surface area contributed by atoms with Crippen molar-refractivity contribution in [3.63, 3.8) is 0 Å². The summed E-state index contributed by atoms with van der Waals surface area (Å²) in [6, 6.07) is 30.4. The van der Waals surface area contributed by atoms with E-state index in [1.165, 1.54) is 43.2 Å². The number of para-hydroxylation sites is 1. The van der Waals surface area contributed by atoms with E-state index in [0.29, 0.717) is 6.71 Å². The average Bonchev–Trinajstić information content (AvgIpc) is 2.73. The molecule has 0 unspecified atom stereocenters. The topological polar surface area (TPSA) is 9.23 Å². The second kappa shape index (κ2) is 5.37. The molecule has 0 amide bonds. The van der Waals surface area contributed by atoms with Crippen LogP contribution in [-0.4, -0.2) is 6.71 Å². The van der Waals surface area contributed by atoms with Crippen LogP contribution in [0.3, 0.4) is 0 Å². The molecule has 1 heterocycles. The van der Waals surface area contributed by atoms with Crippen LogP contribution in [-0.2, 0) is 0 Å². The molecule has 27 heavy (non-hydrogen) atoms. The quantitative estimate of drug-likeness (QED) is 0.267. The van der Waals surface area contributed by atoms with E-state index in [-0.39, 0.29) is 0 Å². The lowest BCUT2D eigenvalue weighted by Crippen LogP contribution is -2.43. The Kier molecular flexibility index (Phi) is 2.96. The first-order valence-corrected chi connectivity index (χ1v) is 9.45. The van der Waals surface area contributed by atoms with Crippen LogP contribution in [0.5, 0.6) is 11.5 Å². The van der Waals surface area contributed by atoms with Gasteiger partial charge >= 0.3 is 0 Å². The third kappa shape index (κ3) is 2.01. The van der Waals surface area contributed by atoms with Crippen LogP contribution in [0.2, 0.25) is 6.82 Å². The van der Waals surface area contributed by atoms with Crippen LogP contribution in [0.1, 0.15) is 0 Å². The lowest BCUT2D eigenvalue weighted by atomic mass is 9.41. The van der Waals surface area contributed by atoms with Gasteiger partial charge < -0.3 is 4.74 Å². The first-order chi connectivity index (χ1) is 13.3. The van der Waals surface area contributed by atoms with Crippen molar-refractivity contribution in [1.29, 1.82) is 0 Å². The van der Waals surface area contributed by atoms with E-state index in [2.05, 4.69) is 85.7 Å². The van der Waals surface area contributed by atoms with Crippen LogP contribution >= 0.6 is 0 Å². The molecule has 0 atom stereocenters. The van der Waals surface area contributed by atoms with Crippen LogP contribution in [0, 0.1) is 0 Å². The largest absolute Gasteiger partial charge is 0.458 e. The molecule has 2 heteroatoms. The Morgan fingerprint density at radius 1 is 0.519 bits per heavy atom. The fourth-order valence-corrected chi connectivity index (χ4v) is 4.59. The van der Waals surface area contributed by atoms with Gasteiger partial charge in [0.15, 0.2) is 0 Å². The molecule has 0 fully saturated rings. The van der Waals surface area contributed by atoms with Crippen molar-refractivity contribution in [3.8, 4) is 11.5 Å². The molecule has 0 aromatic heterocycles. The Morgan fingerprint density at radius 2 is 1.04 bits per heavy atom. The molecular weight excluding hydrogens is 327 g/mol. The molecule has 0 radical (unpaired) electrons. The summed E-state index contributed by atoms with van der Waals surface area (Å²) in [5.74, 6) is 1.95. The first-order valence-electron chi connectivity index (χ1n) is 9.45. The molecule has 6 rings (SSSR count). The molecular formula is C25H17BO. The van der Waals surface area contributed by atoms with Crippen molar-refractivity contribution < 1.29 is 4.74 Å². The van der Waals surface area contributed by atoms with E-state index in [9.17, 15) is 0 Å². The van der Waals surface area contributed by atoms with E-state index in [1.807, 2.05) is 6.07 Å². The van der Waals surface area contributed by atoms with Crippen molar-refractivity contribution in [1.82, 2.24) is 0 Å². The maximum atomic E-state index is 6.32. The summed E-state index contributed by atoms with van der Waals surface area (Å²) in [7, 11) is 0. The lowest BCUT2D eigenvalue weighted by Gasteiger charge is -2.25. The molecule has 126 valence electrons. The zero-order valence-electron chi connectivity index (χ0n) is 15.1. The number of rotatable bonds is 0. The first kappa shape index (κ1) is 14.9. The zero-order chi connectivity index (χ0) is 18.0. The number of ether oxygens (including phenoxy) is 1. The zero-order valence-corrected chi connectivity index (χ0v) is 15.1. The highest BCUT2D eigenvalue weighted by Gasteiger charge is 2.27. The van der Waals surface area contributed by atoms with Gasteiger partial charge in [-0.2, -0.15) is 0 Å². The smallest absolute Gasteiger partial charge is 0.216 e. The summed E-state index contributed by atoms with van der Waals surface area (Å²) >= 11 is 0. The van der Waals surface area contributed by atoms with Gasteiger partial charge in [-0.05, 0) is 55.4 Å². The van der Waals surface area contributed by atoms with E-state index in [4.69, 9.17) is 4.74 Å². The van der Waals surface area contributed by atoms with E-state index < -0.39 is 0 Å². The van der Waals surface area contributed by atoms with Crippen molar-refractivity contribution >= 4 is 50.0 Å². The minimum atomic E-state index is 0.319. The molecule has 0 bridgehead atoms. The van der Waals surface area contributed by atoms with Crippen molar-refractivity contribution in [3.05, 3.63) is 84.9 Å². The van der Waals surface area contributed by atoms with E-state index in [1.54, 1.807) is 0 Å². The van der Waals surface area contributed by atoms with E-state index >= 15 is 0 Å². The predicted octanol–water partition coefficient (Wildman–Crippen LogP) is 5.49. The molecule has 5 aromatic carbocycles. The molecule has 0 saturated heterocycles. The molecule has 1 nitrogen and oxygen atoms in total. The van der Waals surface area contributed by atoms with E-state index in [0.717, 1.165) is 11.5 Å². The average molecular weight is 344 g/mol. The van der Waals surface area contributed by atoms with Gasteiger partial charge in [-0.15, -0.1) is 0 Å². The SMILES string of the molecule is CB1c2ccccc2Oc2cc3c4ccccc4c4ccccc4c3cc21. The standard InChI is InChI=1S/C25H17BO/c1-26-22-12-6-7-13-24(22)27-25-15-21-19-11-5-3-9-17(19)16-8-2-4-10-18(16)20(21)14-23(25)26/h2-15H,1H3. The van der Waals surface area contributed by atoms with Crippen molar-refractivity contribution in [2.75, 3.05) is 0 Å². The predicted molar refractivity (Wildman–Crippen MR) is 116 cm³/mol. The summed E-state index contributed by atoms with van der Waals surface area (Å²) in [6.45, 7) is 2.59. The summed E-state index contributed by atoms with van der Waals surface area (Å²) in [5, 5.41) is 7.76. The van der Waals surface area contributed by atoms with Crippen LogP contribution in [0.25, 0.3) is 32.3 Å². The highest BCUT2D eigenvalue weighted by molar-refractivity contribution is 6.86. The second-order valence-corrected chi connectivity index (χ2v) is 7.39. The van der Waals surface area contributed by atoms with Crippen molar-refractivity contribution in [2.45, 2.75) is 6.82 Å². The van der Waals surface area contributed by atoms with Crippen molar-refractivity contribution in [2.24, 2.45) is 0 Å². The van der Waals surface area contributed by atoms with Gasteiger partial charge in [0.2, 0.25) is 6.71 Å². The Labute approximate surface area is 158 Å². The minimum Gasteiger partial charge on any atom is -0.458 e. The Bertz CT molecular complexity index is 1370. The number of hydrogen-bond acceptors (Lipinski definition) is 1. The normalized spacial score (nSPS) is 12.9. The third-order valence-electron chi connectivity index (χ3n) is 5.95. The molecule has 0 spiro atoms. The van der Waals surface area contributed by atoms with Gasteiger partial charge in [0.05, 0.1) is 0 Å². The Balaban J connectivity index is 1.77. The summed E-state index contributed by atoms with van der Waals surface area (Å²) in [5.41, 5.74) is 2.52. The van der Waals surface area contributed by atoms with Gasteiger partial charge in [-0.25, -0.2) is 0 Å². The third-order valence-corrected chi connectivity index (χ3v) is 5.95. The van der Waals surface area contributed by atoms with Gasteiger partial charge in [-0.3, -0.25) is 0 Å². The molecule has 0 N–H and O–H groups in total. The summed E-state index contributed by atoms with van der Waals surface area (Å²) in [6.07, 6.45) is 0. The van der Waals surface area contributed by atoms with Crippen LogP contribution in [0.4, 0.5) is 0 Å². The number of benzene rings is 5. The maximum absolute atomic E-state index is 6.32. The monoisotopic (exact) mass is 344 g/mol. The molecule has 1 aliphatic rings. The Hall–Kier alpha value is -3.26. The lowest BCUT2D eigenvalue weighted by molar-refractivity contribution is 0.488. The highest BCUT2D eigenvalue weighted by Crippen LogP contribution is 2.37. The van der Waals surface area contributed by atoms with Gasteiger partial charge in [0.25, 0.3) is 0 Å². The van der Waals surface area contributed by atoms with Crippen LogP contribution < -0.4 is 15.7 Å². The van der Waals surface area contributed by atoms with Gasteiger partial charge in [0, 0.05) is 0 Å². The summed E-state index contributed by atoms with van der Waals surface area (Å²) in [4.78, 5) is 0. The molecule has 1 aliphatic heterocycles. The number of fused-ring (bicyclic) bond motifs is 8. The fraction of sp³-hybridized carbons (Fsp3) is 0.0400. The minimum absolute atomic E-state index is 0.319. The molecule has 0 saturated carbocycles.